The quantitative estimate of drug-likeness (QED) is 0.866. The first-order valence-electron chi connectivity index (χ1n) is 7.60. The molecule has 1 aromatic rings. The maximum absolute atomic E-state index is 14.0. The molecule has 2 nitrogen and oxygen atoms in total. The molecule has 0 saturated heterocycles. The van der Waals surface area contributed by atoms with Gasteiger partial charge in [0.05, 0.1) is 11.7 Å². The zero-order valence-electron chi connectivity index (χ0n) is 12.0. The fourth-order valence-electron chi connectivity index (χ4n) is 3.34. The van der Waals surface area contributed by atoms with Crippen molar-refractivity contribution < 1.29 is 4.39 Å². The number of rotatable bonds is 5. The highest BCUT2D eigenvalue weighted by molar-refractivity contribution is 5.13. The van der Waals surface area contributed by atoms with Crippen LogP contribution in [0.5, 0.6) is 0 Å². The number of halogens is 1. The summed E-state index contributed by atoms with van der Waals surface area (Å²) in [5.74, 6) is 1.14. The molecule has 0 radical (unpaired) electrons. The van der Waals surface area contributed by atoms with E-state index in [-0.39, 0.29) is 11.9 Å². The number of nitrogens with zero attached hydrogens (tertiary/aromatic N) is 1. The van der Waals surface area contributed by atoms with E-state index in [4.69, 9.17) is 0 Å². The second kappa shape index (κ2) is 6.99. The van der Waals surface area contributed by atoms with E-state index in [9.17, 15) is 4.39 Å². The number of pyridine rings is 1. The van der Waals surface area contributed by atoms with Gasteiger partial charge in [0.2, 0.25) is 0 Å². The molecule has 3 unspecified atom stereocenters. The number of nitrogens with one attached hydrogen (secondary N) is 1. The average molecular weight is 264 g/mol. The first-order chi connectivity index (χ1) is 9.26. The molecule has 1 heterocycles. The summed E-state index contributed by atoms with van der Waals surface area (Å²) in [7, 11) is 0. The maximum atomic E-state index is 14.0. The molecule has 106 valence electrons. The second-order valence-electron chi connectivity index (χ2n) is 5.61. The van der Waals surface area contributed by atoms with Gasteiger partial charge < -0.3 is 5.32 Å². The van der Waals surface area contributed by atoms with E-state index in [1.54, 1.807) is 12.3 Å². The van der Waals surface area contributed by atoms with E-state index in [1.807, 2.05) is 0 Å². The van der Waals surface area contributed by atoms with E-state index in [1.165, 1.54) is 38.2 Å². The van der Waals surface area contributed by atoms with Crippen LogP contribution in [0, 0.1) is 17.7 Å². The fraction of sp³-hybridized carbons (Fsp3) is 0.688. The van der Waals surface area contributed by atoms with Crippen molar-refractivity contribution in [1.29, 1.82) is 0 Å². The lowest BCUT2D eigenvalue weighted by atomic mass is 9.76. The molecular weight excluding hydrogens is 239 g/mol. The minimum atomic E-state index is -0.174. The van der Waals surface area contributed by atoms with E-state index in [0.717, 1.165) is 12.5 Å². The number of aromatic nitrogens is 1. The molecule has 1 fully saturated rings. The smallest absolute Gasteiger partial charge is 0.146 e. The molecule has 0 bridgehead atoms. The molecule has 0 spiro atoms. The van der Waals surface area contributed by atoms with Crippen molar-refractivity contribution in [2.75, 3.05) is 6.54 Å². The Kier molecular flexibility index (Phi) is 5.32. The van der Waals surface area contributed by atoms with E-state index in [2.05, 4.69) is 24.1 Å². The van der Waals surface area contributed by atoms with Crippen molar-refractivity contribution in [2.45, 2.75) is 52.0 Å². The average Bonchev–Trinajstić information content (AvgIpc) is 2.46. The molecule has 1 aromatic heterocycles. The van der Waals surface area contributed by atoms with Crippen LogP contribution in [-0.4, -0.2) is 11.5 Å². The first kappa shape index (κ1) is 14.4. The molecule has 0 aromatic carbocycles. The van der Waals surface area contributed by atoms with Gasteiger partial charge >= 0.3 is 0 Å². The molecule has 1 saturated carbocycles. The third-order valence-corrected chi connectivity index (χ3v) is 4.38. The normalized spacial score (nSPS) is 25.2. The van der Waals surface area contributed by atoms with Crippen LogP contribution in [0.25, 0.3) is 0 Å². The predicted octanol–water partition coefficient (Wildman–Crippen LogP) is 4.09. The third kappa shape index (κ3) is 3.53. The summed E-state index contributed by atoms with van der Waals surface area (Å²) in [5, 5.41) is 3.45. The van der Waals surface area contributed by atoms with Crippen LogP contribution in [-0.2, 0) is 0 Å². The van der Waals surface area contributed by atoms with Gasteiger partial charge in [0.15, 0.2) is 0 Å². The Bertz CT molecular complexity index is 394. The molecule has 3 atom stereocenters. The maximum Gasteiger partial charge on any atom is 0.146 e. The summed E-state index contributed by atoms with van der Waals surface area (Å²) in [5.41, 5.74) is 0.603. The highest BCUT2D eigenvalue weighted by Crippen LogP contribution is 2.38. The molecule has 0 amide bonds. The predicted molar refractivity (Wildman–Crippen MR) is 76.4 cm³/mol. The lowest BCUT2D eigenvalue weighted by Crippen LogP contribution is -2.32. The summed E-state index contributed by atoms with van der Waals surface area (Å²) >= 11 is 0. The van der Waals surface area contributed by atoms with Gasteiger partial charge in [-0.3, -0.25) is 4.98 Å². The van der Waals surface area contributed by atoms with Gasteiger partial charge in [-0.15, -0.1) is 0 Å². The van der Waals surface area contributed by atoms with E-state index < -0.39 is 0 Å². The third-order valence-electron chi connectivity index (χ3n) is 4.38. The topological polar surface area (TPSA) is 24.9 Å². The van der Waals surface area contributed by atoms with Crippen LogP contribution in [0.4, 0.5) is 4.39 Å². The Morgan fingerprint density at radius 3 is 2.95 bits per heavy atom. The van der Waals surface area contributed by atoms with Crippen molar-refractivity contribution in [2.24, 2.45) is 11.8 Å². The Balaban J connectivity index is 2.17. The molecule has 1 aliphatic rings. The summed E-state index contributed by atoms with van der Waals surface area (Å²) < 4.78 is 14.0. The van der Waals surface area contributed by atoms with Crippen LogP contribution in [0.15, 0.2) is 18.3 Å². The summed E-state index contributed by atoms with van der Waals surface area (Å²) in [6, 6.07) is 3.25. The minimum absolute atomic E-state index is 0.0700. The van der Waals surface area contributed by atoms with Crippen LogP contribution >= 0.6 is 0 Å². The van der Waals surface area contributed by atoms with Gasteiger partial charge in [0, 0.05) is 6.20 Å². The fourth-order valence-corrected chi connectivity index (χ4v) is 3.34. The van der Waals surface area contributed by atoms with Crippen LogP contribution in [0.1, 0.15) is 57.7 Å². The Morgan fingerprint density at radius 2 is 2.26 bits per heavy atom. The number of hydrogen-bond acceptors (Lipinski definition) is 2. The van der Waals surface area contributed by atoms with E-state index >= 15 is 0 Å². The van der Waals surface area contributed by atoms with Crippen molar-refractivity contribution in [1.82, 2.24) is 10.3 Å². The van der Waals surface area contributed by atoms with Gasteiger partial charge in [-0.1, -0.05) is 33.1 Å². The number of hydrogen-bond donors (Lipinski definition) is 1. The molecule has 1 aliphatic carbocycles. The lowest BCUT2D eigenvalue weighted by molar-refractivity contribution is 0.205. The highest BCUT2D eigenvalue weighted by Gasteiger charge is 2.30. The van der Waals surface area contributed by atoms with Crippen LogP contribution < -0.4 is 5.32 Å². The molecule has 2 rings (SSSR count). The molecule has 19 heavy (non-hydrogen) atoms. The van der Waals surface area contributed by atoms with Gasteiger partial charge in [-0.25, -0.2) is 4.39 Å². The minimum Gasteiger partial charge on any atom is -0.309 e. The first-order valence-corrected chi connectivity index (χ1v) is 7.60. The SMILES string of the molecule is CCNC(c1ncccc1F)C1CCCC(CC)C1. The van der Waals surface area contributed by atoms with Crippen molar-refractivity contribution >= 4 is 0 Å². The Morgan fingerprint density at radius 1 is 1.42 bits per heavy atom. The summed E-state index contributed by atoms with van der Waals surface area (Å²) in [6.45, 7) is 5.19. The summed E-state index contributed by atoms with van der Waals surface area (Å²) in [4.78, 5) is 4.29. The zero-order chi connectivity index (χ0) is 13.7. The summed E-state index contributed by atoms with van der Waals surface area (Å²) in [6.07, 6.45) is 7.91. The highest BCUT2D eigenvalue weighted by atomic mass is 19.1. The molecule has 3 heteroatoms. The molecular formula is C16H25FN2. The Hall–Kier alpha value is -0.960. The van der Waals surface area contributed by atoms with Gasteiger partial charge in [-0.2, -0.15) is 0 Å². The van der Waals surface area contributed by atoms with Crippen molar-refractivity contribution in [3.63, 3.8) is 0 Å². The van der Waals surface area contributed by atoms with Gasteiger partial charge in [-0.05, 0) is 43.4 Å². The zero-order valence-corrected chi connectivity index (χ0v) is 12.0. The van der Waals surface area contributed by atoms with Gasteiger partial charge in [0.25, 0.3) is 0 Å². The largest absolute Gasteiger partial charge is 0.309 e. The monoisotopic (exact) mass is 264 g/mol. The van der Waals surface area contributed by atoms with Crippen LogP contribution in [0.2, 0.25) is 0 Å². The van der Waals surface area contributed by atoms with Gasteiger partial charge in [0.1, 0.15) is 5.82 Å². The second-order valence-corrected chi connectivity index (χ2v) is 5.61. The molecule has 0 aliphatic heterocycles. The Labute approximate surface area is 115 Å². The molecule has 1 N–H and O–H groups in total. The van der Waals surface area contributed by atoms with Crippen molar-refractivity contribution in [3.8, 4) is 0 Å². The standard InChI is InChI=1S/C16H25FN2/c1-3-12-7-5-8-13(11-12)15(18-4-2)16-14(17)9-6-10-19-16/h6,9-10,12-13,15,18H,3-5,7-8,11H2,1-2H3. The van der Waals surface area contributed by atoms with E-state index in [0.29, 0.717) is 11.6 Å². The van der Waals surface area contributed by atoms with Crippen molar-refractivity contribution in [3.05, 3.63) is 29.8 Å². The lowest BCUT2D eigenvalue weighted by Gasteiger charge is -2.34. The van der Waals surface area contributed by atoms with Crippen LogP contribution in [0.3, 0.4) is 0 Å².